The summed E-state index contributed by atoms with van der Waals surface area (Å²) in [7, 11) is 0. The van der Waals surface area contributed by atoms with Crippen LogP contribution in [0, 0.1) is 0 Å². The second-order valence-corrected chi connectivity index (χ2v) is 5.46. The van der Waals surface area contributed by atoms with Gasteiger partial charge in [0.2, 0.25) is 0 Å². The number of hydrogen-bond donors (Lipinski definition) is 1. The molecule has 17 heavy (non-hydrogen) atoms. The van der Waals surface area contributed by atoms with Crippen molar-refractivity contribution in [1.29, 1.82) is 0 Å². The lowest BCUT2D eigenvalue weighted by Crippen LogP contribution is -2.47. The van der Waals surface area contributed by atoms with Gasteiger partial charge in [0, 0.05) is 5.25 Å². The fourth-order valence-corrected chi connectivity index (χ4v) is 2.47. The average Bonchev–Trinajstić information content (AvgIpc) is 2.69. The van der Waals surface area contributed by atoms with Gasteiger partial charge in [-0.3, -0.25) is 4.79 Å². The van der Waals surface area contributed by atoms with Crippen molar-refractivity contribution in [2.75, 3.05) is 6.61 Å². The summed E-state index contributed by atoms with van der Waals surface area (Å²) in [5.74, 6) is -0.375. The molecule has 2 atom stereocenters. The summed E-state index contributed by atoms with van der Waals surface area (Å²) in [6, 6.07) is 0. The number of oxazole rings is 1. The zero-order valence-corrected chi connectivity index (χ0v) is 11.1. The number of nitrogens with zero attached hydrogens (tertiary/aromatic N) is 1. The predicted octanol–water partition coefficient (Wildman–Crippen LogP) is 1.83. The molecule has 0 saturated carbocycles. The van der Waals surface area contributed by atoms with E-state index in [1.54, 1.807) is 20.0 Å². The van der Waals surface area contributed by atoms with E-state index in [0.29, 0.717) is 18.3 Å². The summed E-state index contributed by atoms with van der Waals surface area (Å²) in [4.78, 5) is 15.6. The van der Waals surface area contributed by atoms with Gasteiger partial charge in [-0.15, -0.1) is 0 Å². The van der Waals surface area contributed by atoms with Crippen molar-refractivity contribution in [3.63, 3.8) is 0 Å². The van der Waals surface area contributed by atoms with Crippen molar-refractivity contribution in [2.24, 2.45) is 5.73 Å². The SMILES string of the molecule is CCOC(=O)C(C)(N)CC(C)Sc1ncco1. The lowest BCUT2D eigenvalue weighted by Gasteiger charge is -2.24. The summed E-state index contributed by atoms with van der Waals surface area (Å²) in [5, 5.41) is 0.699. The van der Waals surface area contributed by atoms with Gasteiger partial charge < -0.3 is 14.9 Å². The molecule has 0 aromatic carbocycles. The van der Waals surface area contributed by atoms with E-state index >= 15 is 0 Å². The molecule has 0 amide bonds. The van der Waals surface area contributed by atoms with Crippen molar-refractivity contribution >= 4 is 17.7 Å². The molecule has 1 aromatic heterocycles. The van der Waals surface area contributed by atoms with Gasteiger partial charge in [0.15, 0.2) is 0 Å². The minimum atomic E-state index is -0.977. The molecule has 0 aliphatic heterocycles. The largest absolute Gasteiger partial charge is 0.465 e. The van der Waals surface area contributed by atoms with Crippen LogP contribution < -0.4 is 5.73 Å². The van der Waals surface area contributed by atoms with Crippen molar-refractivity contribution in [3.8, 4) is 0 Å². The van der Waals surface area contributed by atoms with Crippen molar-refractivity contribution in [1.82, 2.24) is 4.98 Å². The first-order valence-electron chi connectivity index (χ1n) is 5.48. The van der Waals surface area contributed by atoms with E-state index in [0.717, 1.165) is 0 Å². The quantitative estimate of drug-likeness (QED) is 0.619. The Morgan fingerprint density at radius 3 is 3.00 bits per heavy atom. The standard InChI is InChI=1S/C11H18N2O3S/c1-4-15-9(14)11(3,12)7-8(2)17-10-13-5-6-16-10/h5-6,8H,4,7,12H2,1-3H3. The molecule has 0 bridgehead atoms. The van der Waals surface area contributed by atoms with Crippen LogP contribution in [0.25, 0.3) is 0 Å². The first-order chi connectivity index (χ1) is 7.95. The third-order valence-corrected chi connectivity index (χ3v) is 3.14. The topological polar surface area (TPSA) is 78.4 Å². The fraction of sp³-hybridized carbons (Fsp3) is 0.636. The normalized spacial score (nSPS) is 16.2. The van der Waals surface area contributed by atoms with Crippen LogP contribution in [0.5, 0.6) is 0 Å². The number of esters is 1. The number of rotatable bonds is 6. The first kappa shape index (κ1) is 14.1. The van der Waals surface area contributed by atoms with Crippen LogP contribution >= 0.6 is 11.8 Å². The smallest absolute Gasteiger partial charge is 0.325 e. The molecule has 1 heterocycles. The molecule has 2 unspecified atom stereocenters. The Kier molecular flexibility index (Phi) is 5.02. The lowest BCUT2D eigenvalue weighted by molar-refractivity contribution is -0.149. The first-order valence-corrected chi connectivity index (χ1v) is 6.36. The van der Waals surface area contributed by atoms with Crippen molar-refractivity contribution in [3.05, 3.63) is 12.5 Å². The van der Waals surface area contributed by atoms with Crippen LogP contribution in [0.4, 0.5) is 0 Å². The van der Waals surface area contributed by atoms with E-state index in [-0.39, 0.29) is 11.2 Å². The van der Waals surface area contributed by atoms with Gasteiger partial charge in [-0.2, -0.15) is 0 Å². The van der Waals surface area contributed by atoms with Gasteiger partial charge in [0.1, 0.15) is 11.8 Å². The Morgan fingerprint density at radius 1 is 1.76 bits per heavy atom. The Morgan fingerprint density at radius 2 is 2.47 bits per heavy atom. The van der Waals surface area contributed by atoms with Gasteiger partial charge in [-0.1, -0.05) is 18.7 Å². The molecule has 1 rings (SSSR count). The Balaban J connectivity index is 2.49. The highest BCUT2D eigenvalue weighted by Gasteiger charge is 2.32. The third kappa shape index (κ3) is 4.40. The molecule has 0 radical (unpaired) electrons. The molecule has 0 fully saturated rings. The molecule has 0 spiro atoms. The van der Waals surface area contributed by atoms with Crippen LogP contribution in [-0.4, -0.2) is 28.3 Å². The lowest BCUT2D eigenvalue weighted by atomic mass is 9.98. The van der Waals surface area contributed by atoms with E-state index in [1.165, 1.54) is 18.0 Å². The summed E-state index contributed by atoms with van der Waals surface area (Å²) in [6.07, 6.45) is 3.60. The Labute approximate surface area is 105 Å². The molecule has 96 valence electrons. The summed E-state index contributed by atoms with van der Waals surface area (Å²) in [6.45, 7) is 5.75. The van der Waals surface area contributed by atoms with Crippen LogP contribution in [0.2, 0.25) is 0 Å². The minimum absolute atomic E-state index is 0.119. The predicted molar refractivity (Wildman–Crippen MR) is 65.7 cm³/mol. The molecule has 5 nitrogen and oxygen atoms in total. The molecule has 0 aliphatic carbocycles. The van der Waals surface area contributed by atoms with E-state index in [2.05, 4.69) is 4.98 Å². The van der Waals surface area contributed by atoms with E-state index < -0.39 is 5.54 Å². The Bertz CT molecular complexity index is 352. The molecular weight excluding hydrogens is 240 g/mol. The van der Waals surface area contributed by atoms with Crippen molar-refractivity contribution < 1.29 is 13.9 Å². The summed E-state index contributed by atoms with van der Waals surface area (Å²) < 4.78 is 10.1. The van der Waals surface area contributed by atoms with Crippen molar-refractivity contribution in [2.45, 2.75) is 43.2 Å². The van der Waals surface area contributed by atoms with Gasteiger partial charge in [0.05, 0.1) is 12.8 Å². The zero-order valence-electron chi connectivity index (χ0n) is 10.3. The maximum Gasteiger partial charge on any atom is 0.325 e. The maximum absolute atomic E-state index is 11.6. The van der Waals surface area contributed by atoms with Crippen LogP contribution in [-0.2, 0) is 9.53 Å². The van der Waals surface area contributed by atoms with Gasteiger partial charge in [-0.25, -0.2) is 4.98 Å². The second-order valence-electron chi connectivity index (χ2n) is 4.07. The number of hydrogen-bond acceptors (Lipinski definition) is 6. The maximum atomic E-state index is 11.6. The van der Waals surface area contributed by atoms with E-state index in [1.807, 2.05) is 6.92 Å². The minimum Gasteiger partial charge on any atom is -0.465 e. The number of ether oxygens (including phenoxy) is 1. The number of aromatic nitrogens is 1. The third-order valence-electron chi connectivity index (χ3n) is 2.16. The van der Waals surface area contributed by atoms with E-state index in [9.17, 15) is 4.79 Å². The van der Waals surface area contributed by atoms with E-state index in [4.69, 9.17) is 14.9 Å². The molecule has 2 N–H and O–H groups in total. The number of carbonyl (C=O) groups is 1. The fourth-order valence-electron chi connectivity index (χ4n) is 1.46. The van der Waals surface area contributed by atoms with Gasteiger partial charge in [0.25, 0.3) is 5.22 Å². The highest BCUT2D eigenvalue weighted by Crippen LogP contribution is 2.27. The summed E-state index contributed by atoms with van der Waals surface area (Å²) >= 11 is 1.45. The average molecular weight is 258 g/mol. The molecular formula is C11H18N2O3S. The Hall–Kier alpha value is -1.01. The second kappa shape index (κ2) is 6.07. The molecule has 0 aliphatic rings. The van der Waals surface area contributed by atoms with Gasteiger partial charge >= 0.3 is 5.97 Å². The molecule has 6 heteroatoms. The van der Waals surface area contributed by atoms with Gasteiger partial charge in [-0.05, 0) is 20.3 Å². The molecule has 0 saturated heterocycles. The van der Waals surface area contributed by atoms with Crippen LogP contribution in [0.15, 0.2) is 22.1 Å². The summed E-state index contributed by atoms with van der Waals surface area (Å²) in [5.41, 5.74) is 4.96. The highest BCUT2D eigenvalue weighted by molar-refractivity contribution is 7.99. The van der Waals surface area contributed by atoms with Crippen LogP contribution in [0.3, 0.4) is 0 Å². The zero-order chi connectivity index (χ0) is 12.9. The molecule has 1 aromatic rings. The number of nitrogens with two attached hydrogens (primary N) is 1. The number of carbonyl (C=O) groups excluding carboxylic acids is 1. The van der Waals surface area contributed by atoms with Crippen LogP contribution in [0.1, 0.15) is 27.2 Å². The monoisotopic (exact) mass is 258 g/mol. The number of thioether (sulfide) groups is 1. The highest BCUT2D eigenvalue weighted by atomic mass is 32.2.